The smallest absolute Gasteiger partial charge is 0.223 e. The highest BCUT2D eigenvalue weighted by molar-refractivity contribution is 9.10. The summed E-state index contributed by atoms with van der Waals surface area (Å²) in [6, 6.07) is 9.79. The number of thioether (sulfide) groups is 1. The van der Waals surface area contributed by atoms with Gasteiger partial charge in [-0.15, -0.1) is 11.8 Å². The first-order valence-electron chi connectivity index (χ1n) is 5.40. The minimum Gasteiger partial charge on any atom is -0.438 e. The molecule has 2 rings (SSSR count). The topological polar surface area (TPSA) is 48.1 Å². The molecule has 0 saturated carbocycles. The van der Waals surface area contributed by atoms with E-state index < -0.39 is 0 Å². The molecule has 0 aliphatic heterocycles. The molecular formula is C13H13BrN2OS. The quantitative estimate of drug-likeness (QED) is 0.868. The molecule has 0 aliphatic rings. The number of pyridine rings is 1. The average Bonchev–Trinajstić information content (AvgIpc) is 2.41. The van der Waals surface area contributed by atoms with Crippen LogP contribution in [-0.2, 0) is 6.54 Å². The van der Waals surface area contributed by atoms with E-state index in [-0.39, 0.29) is 0 Å². The molecule has 2 aromatic rings. The summed E-state index contributed by atoms with van der Waals surface area (Å²) in [5.41, 5.74) is 6.57. The molecule has 1 heterocycles. The Morgan fingerprint density at radius 1 is 1.39 bits per heavy atom. The molecule has 5 heteroatoms. The van der Waals surface area contributed by atoms with Gasteiger partial charge < -0.3 is 10.5 Å². The van der Waals surface area contributed by atoms with Crippen LogP contribution in [0.25, 0.3) is 0 Å². The van der Waals surface area contributed by atoms with Crippen LogP contribution in [0.15, 0.2) is 45.9 Å². The van der Waals surface area contributed by atoms with E-state index in [1.165, 1.54) is 0 Å². The van der Waals surface area contributed by atoms with Crippen molar-refractivity contribution in [1.29, 1.82) is 0 Å². The number of aromatic nitrogens is 1. The Morgan fingerprint density at radius 2 is 2.17 bits per heavy atom. The van der Waals surface area contributed by atoms with Gasteiger partial charge in [-0.3, -0.25) is 0 Å². The van der Waals surface area contributed by atoms with Gasteiger partial charge in [0.15, 0.2) is 0 Å². The third-order valence-corrected chi connectivity index (χ3v) is 3.60. The first-order chi connectivity index (χ1) is 8.74. The SMILES string of the molecule is CSc1ccccc1Oc1ncc(Br)cc1CN. The van der Waals surface area contributed by atoms with Crippen LogP contribution >= 0.6 is 27.7 Å². The fourth-order valence-electron chi connectivity index (χ4n) is 1.51. The Hall–Kier alpha value is -1.04. The van der Waals surface area contributed by atoms with E-state index in [1.54, 1.807) is 18.0 Å². The molecule has 0 spiro atoms. The molecule has 2 N–H and O–H groups in total. The van der Waals surface area contributed by atoms with E-state index in [1.807, 2.05) is 36.6 Å². The van der Waals surface area contributed by atoms with Crippen LogP contribution in [0, 0.1) is 0 Å². The van der Waals surface area contributed by atoms with Gasteiger partial charge in [-0.25, -0.2) is 4.98 Å². The van der Waals surface area contributed by atoms with Crippen molar-refractivity contribution in [2.45, 2.75) is 11.4 Å². The summed E-state index contributed by atoms with van der Waals surface area (Å²) in [7, 11) is 0. The van der Waals surface area contributed by atoms with E-state index in [9.17, 15) is 0 Å². The number of hydrogen-bond donors (Lipinski definition) is 1. The standard InChI is InChI=1S/C13H13BrN2OS/c1-18-12-5-3-2-4-11(12)17-13-9(7-15)6-10(14)8-16-13/h2-6,8H,7,15H2,1H3. The molecule has 1 aromatic heterocycles. The molecule has 0 atom stereocenters. The predicted molar refractivity (Wildman–Crippen MR) is 78.1 cm³/mol. The number of hydrogen-bond acceptors (Lipinski definition) is 4. The molecule has 0 fully saturated rings. The number of benzene rings is 1. The van der Waals surface area contributed by atoms with Crippen LogP contribution in [-0.4, -0.2) is 11.2 Å². The predicted octanol–water partition coefficient (Wildman–Crippen LogP) is 3.82. The number of nitrogens with two attached hydrogens (primary N) is 1. The zero-order chi connectivity index (χ0) is 13.0. The van der Waals surface area contributed by atoms with E-state index in [2.05, 4.69) is 20.9 Å². The lowest BCUT2D eigenvalue weighted by atomic mass is 10.3. The van der Waals surface area contributed by atoms with Crippen molar-refractivity contribution in [3.63, 3.8) is 0 Å². The third-order valence-electron chi connectivity index (χ3n) is 2.39. The van der Waals surface area contributed by atoms with Crippen molar-refractivity contribution in [2.24, 2.45) is 5.73 Å². The molecule has 0 unspecified atom stereocenters. The van der Waals surface area contributed by atoms with Crippen LogP contribution in [0.3, 0.4) is 0 Å². The summed E-state index contributed by atoms with van der Waals surface area (Å²) in [4.78, 5) is 5.34. The Bertz CT molecular complexity index is 548. The van der Waals surface area contributed by atoms with Gasteiger partial charge in [0.2, 0.25) is 5.88 Å². The van der Waals surface area contributed by atoms with Crippen molar-refractivity contribution >= 4 is 27.7 Å². The Kier molecular flexibility index (Phi) is 4.63. The summed E-state index contributed by atoms with van der Waals surface area (Å²) in [6.07, 6.45) is 3.72. The Labute approximate surface area is 119 Å². The molecule has 94 valence electrons. The van der Waals surface area contributed by atoms with Crippen LogP contribution in [0.2, 0.25) is 0 Å². The summed E-state index contributed by atoms with van der Waals surface area (Å²) in [6.45, 7) is 0.392. The molecule has 0 aliphatic carbocycles. The molecule has 18 heavy (non-hydrogen) atoms. The van der Waals surface area contributed by atoms with Crippen molar-refractivity contribution in [1.82, 2.24) is 4.98 Å². The van der Waals surface area contributed by atoms with Crippen molar-refractivity contribution < 1.29 is 4.74 Å². The van der Waals surface area contributed by atoms with E-state index in [0.717, 1.165) is 20.7 Å². The monoisotopic (exact) mass is 324 g/mol. The van der Waals surface area contributed by atoms with Gasteiger partial charge >= 0.3 is 0 Å². The minimum absolute atomic E-state index is 0.392. The molecule has 0 bridgehead atoms. The fourth-order valence-corrected chi connectivity index (χ4v) is 2.42. The first-order valence-corrected chi connectivity index (χ1v) is 7.41. The van der Waals surface area contributed by atoms with E-state index in [4.69, 9.17) is 10.5 Å². The van der Waals surface area contributed by atoms with Gasteiger partial charge in [-0.2, -0.15) is 0 Å². The van der Waals surface area contributed by atoms with Crippen LogP contribution in [0.1, 0.15) is 5.56 Å². The lowest BCUT2D eigenvalue weighted by molar-refractivity contribution is 0.446. The minimum atomic E-state index is 0.392. The Balaban J connectivity index is 2.33. The lowest BCUT2D eigenvalue weighted by Crippen LogP contribution is -2.01. The normalized spacial score (nSPS) is 10.4. The molecular weight excluding hydrogens is 312 g/mol. The van der Waals surface area contributed by atoms with Crippen molar-refractivity contribution in [2.75, 3.05) is 6.26 Å². The van der Waals surface area contributed by atoms with E-state index in [0.29, 0.717) is 12.4 Å². The van der Waals surface area contributed by atoms with Gasteiger partial charge in [0.25, 0.3) is 0 Å². The fraction of sp³-hybridized carbons (Fsp3) is 0.154. The summed E-state index contributed by atoms with van der Waals surface area (Å²) in [5.74, 6) is 1.36. The van der Waals surface area contributed by atoms with Crippen LogP contribution in [0.5, 0.6) is 11.6 Å². The largest absolute Gasteiger partial charge is 0.438 e. The summed E-state index contributed by atoms with van der Waals surface area (Å²) in [5, 5.41) is 0. The maximum Gasteiger partial charge on any atom is 0.223 e. The maximum atomic E-state index is 5.84. The molecule has 0 radical (unpaired) electrons. The average molecular weight is 325 g/mol. The lowest BCUT2D eigenvalue weighted by Gasteiger charge is -2.11. The van der Waals surface area contributed by atoms with E-state index >= 15 is 0 Å². The number of ether oxygens (including phenoxy) is 1. The second-order valence-corrected chi connectivity index (χ2v) is 5.34. The molecule has 0 amide bonds. The van der Waals surface area contributed by atoms with Crippen molar-refractivity contribution in [3.05, 3.63) is 46.6 Å². The second kappa shape index (κ2) is 6.22. The van der Waals surface area contributed by atoms with Gasteiger partial charge in [0.1, 0.15) is 5.75 Å². The highest BCUT2D eigenvalue weighted by atomic mass is 79.9. The van der Waals surface area contributed by atoms with Gasteiger partial charge in [-0.1, -0.05) is 12.1 Å². The van der Waals surface area contributed by atoms with Gasteiger partial charge in [0, 0.05) is 27.7 Å². The highest BCUT2D eigenvalue weighted by Crippen LogP contribution is 2.32. The molecule has 1 aromatic carbocycles. The Morgan fingerprint density at radius 3 is 2.89 bits per heavy atom. The second-order valence-electron chi connectivity index (χ2n) is 3.57. The number of halogens is 1. The maximum absolute atomic E-state index is 5.84. The number of para-hydroxylation sites is 1. The van der Waals surface area contributed by atoms with Gasteiger partial charge in [0.05, 0.1) is 0 Å². The van der Waals surface area contributed by atoms with Crippen LogP contribution < -0.4 is 10.5 Å². The first kappa shape index (κ1) is 13.4. The number of nitrogens with zero attached hydrogens (tertiary/aromatic N) is 1. The van der Waals surface area contributed by atoms with Crippen molar-refractivity contribution in [3.8, 4) is 11.6 Å². The van der Waals surface area contributed by atoms with Crippen LogP contribution in [0.4, 0.5) is 0 Å². The molecule has 3 nitrogen and oxygen atoms in total. The third kappa shape index (κ3) is 3.04. The van der Waals surface area contributed by atoms with Gasteiger partial charge in [-0.05, 0) is 40.4 Å². The zero-order valence-corrected chi connectivity index (χ0v) is 12.3. The highest BCUT2D eigenvalue weighted by Gasteiger charge is 2.08. The number of rotatable bonds is 4. The molecule has 0 saturated heterocycles. The zero-order valence-electron chi connectivity index (χ0n) is 9.89. The summed E-state index contributed by atoms with van der Waals surface area (Å²) >= 11 is 5.01. The summed E-state index contributed by atoms with van der Waals surface area (Å²) < 4.78 is 6.74.